The predicted molar refractivity (Wildman–Crippen MR) is 116 cm³/mol. The van der Waals surface area contributed by atoms with E-state index in [2.05, 4.69) is 20.6 Å². The molecule has 0 saturated carbocycles. The van der Waals surface area contributed by atoms with Crippen molar-refractivity contribution in [3.63, 3.8) is 0 Å². The molecule has 2 atom stereocenters. The predicted octanol–water partition coefficient (Wildman–Crippen LogP) is -0.474. The summed E-state index contributed by atoms with van der Waals surface area (Å²) in [4.78, 5) is 47.4. The second-order valence-corrected chi connectivity index (χ2v) is 9.85. The Morgan fingerprint density at radius 3 is 2.59 bits per heavy atom. The zero-order valence-electron chi connectivity index (χ0n) is 18.1. The van der Waals surface area contributed by atoms with Gasteiger partial charge in [-0.05, 0) is 37.1 Å². The lowest BCUT2D eigenvalue weighted by atomic mass is 10.1. The normalized spacial score (nSPS) is 21.6. The number of benzene rings is 1. The average Bonchev–Trinajstić information content (AvgIpc) is 2.85. The first-order valence-corrected chi connectivity index (χ1v) is 12.1. The maximum Gasteiger partial charge on any atom is 0.274 e. The lowest BCUT2D eigenvalue weighted by Crippen LogP contribution is -2.63. The number of nitrogens with one attached hydrogen (secondary N) is 2. The zero-order valence-corrected chi connectivity index (χ0v) is 18.9. The van der Waals surface area contributed by atoms with Crippen molar-refractivity contribution < 1.29 is 27.2 Å². The van der Waals surface area contributed by atoms with Gasteiger partial charge in [0.15, 0.2) is 0 Å². The summed E-state index contributed by atoms with van der Waals surface area (Å²) in [6, 6.07) is 2.36. The van der Waals surface area contributed by atoms with Crippen LogP contribution in [0, 0.1) is 5.82 Å². The van der Waals surface area contributed by atoms with Gasteiger partial charge in [0.05, 0.1) is 11.1 Å². The molecule has 0 unspecified atom stereocenters. The Morgan fingerprint density at radius 1 is 1.15 bits per heavy atom. The van der Waals surface area contributed by atoms with Crippen molar-refractivity contribution in [2.75, 3.05) is 26.2 Å². The molecule has 1 aromatic carbocycles. The van der Waals surface area contributed by atoms with E-state index in [1.165, 1.54) is 23.5 Å². The van der Waals surface area contributed by atoms with Crippen molar-refractivity contribution in [3.05, 3.63) is 54.4 Å². The molecule has 13 heteroatoms. The van der Waals surface area contributed by atoms with E-state index in [1.54, 1.807) is 0 Å². The number of rotatable bonds is 5. The number of sulfonamides is 1. The van der Waals surface area contributed by atoms with Gasteiger partial charge < -0.3 is 15.5 Å². The lowest BCUT2D eigenvalue weighted by Gasteiger charge is -2.40. The third kappa shape index (κ3) is 4.89. The van der Waals surface area contributed by atoms with E-state index in [0.717, 1.165) is 28.6 Å². The molecule has 2 aliphatic heterocycles. The average molecular weight is 491 g/mol. The number of piperazine rings is 1. The fourth-order valence-corrected chi connectivity index (χ4v) is 5.37. The molecule has 0 aliphatic carbocycles. The number of aromatic nitrogens is 2. The van der Waals surface area contributed by atoms with Gasteiger partial charge in [-0.15, -0.1) is 0 Å². The van der Waals surface area contributed by atoms with Crippen LogP contribution in [0.25, 0.3) is 0 Å². The van der Waals surface area contributed by atoms with Crippen molar-refractivity contribution in [1.29, 1.82) is 0 Å². The maximum absolute atomic E-state index is 13.3. The minimum Gasteiger partial charge on any atom is -0.354 e. The minimum absolute atomic E-state index is 0.00514. The smallest absolute Gasteiger partial charge is 0.274 e. The quantitative estimate of drug-likeness (QED) is 0.577. The largest absolute Gasteiger partial charge is 0.354 e. The van der Waals surface area contributed by atoms with Gasteiger partial charge in [0.2, 0.25) is 21.8 Å². The van der Waals surface area contributed by atoms with Gasteiger partial charge in [-0.2, -0.15) is 4.31 Å². The van der Waals surface area contributed by atoms with E-state index in [0.29, 0.717) is 19.4 Å². The number of piperidine rings is 1. The SMILES string of the molecule is O=C1NCCC[C@H]1NC(=O)[C@@H]1CN(S(=O)(=O)c2ccc(F)cc2)CCN1C(=O)c1cnccn1. The summed E-state index contributed by atoms with van der Waals surface area (Å²) >= 11 is 0. The van der Waals surface area contributed by atoms with Crippen LogP contribution in [0.4, 0.5) is 4.39 Å². The Labute approximate surface area is 195 Å². The Kier molecular flexibility index (Phi) is 6.84. The van der Waals surface area contributed by atoms with E-state index in [9.17, 15) is 27.2 Å². The number of halogens is 1. The van der Waals surface area contributed by atoms with E-state index >= 15 is 0 Å². The van der Waals surface area contributed by atoms with Crippen molar-refractivity contribution in [2.24, 2.45) is 0 Å². The van der Waals surface area contributed by atoms with Crippen LogP contribution in [0.1, 0.15) is 23.3 Å². The summed E-state index contributed by atoms with van der Waals surface area (Å²) in [6.45, 7) is -0.00825. The topological polar surface area (TPSA) is 142 Å². The van der Waals surface area contributed by atoms with Crippen LogP contribution < -0.4 is 10.6 Å². The summed E-state index contributed by atoms with van der Waals surface area (Å²) in [5.41, 5.74) is 0.00514. The number of amides is 3. The molecular formula is C21H23FN6O5S. The summed E-state index contributed by atoms with van der Waals surface area (Å²) in [5.74, 6) is -2.15. The molecule has 2 aliphatic rings. The Bertz CT molecular complexity index is 1180. The molecule has 0 radical (unpaired) electrons. The second kappa shape index (κ2) is 9.81. The van der Waals surface area contributed by atoms with Gasteiger partial charge in [0.25, 0.3) is 5.91 Å². The zero-order chi connectivity index (χ0) is 24.3. The Balaban J connectivity index is 1.60. The van der Waals surface area contributed by atoms with Crippen molar-refractivity contribution in [3.8, 4) is 0 Å². The Morgan fingerprint density at radius 2 is 1.91 bits per heavy atom. The highest BCUT2D eigenvalue weighted by molar-refractivity contribution is 7.89. The fourth-order valence-electron chi connectivity index (χ4n) is 3.93. The van der Waals surface area contributed by atoms with Gasteiger partial charge >= 0.3 is 0 Å². The van der Waals surface area contributed by atoms with Gasteiger partial charge in [-0.1, -0.05) is 0 Å². The van der Waals surface area contributed by atoms with Crippen LogP contribution in [0.3, 0.4) is 0 Å². The summed E-state index contributed by atoms with van der Waals surface area (Å²) in [6.07, 6.45) is 5.10. The number of carbonyl (C=O) groups is 3. The number of carbonyl (C=O) groups excluding carboxylic acids is 3. The summed E-state index contributed by atoms with van der Waals surface area (Å²) < 4.78 is 40.6. The van der Waals surface area contributed by atoms with Gasteiger partial charge in [0, 0.05) is 38.6 Å². The van der Waals surface area contributed by atoms with E-state index in [1.807, 2.05) is 0 Å². The molecule has 3 amide bonds. The van der Waals surface area contributed by atoms with Crippen molar-refractivity contribution in [2.45, 2.75) is 29.8 Å². The first-order valence-electron chi connectivity index (χ1n) is 10.7. The highest BCUT2D eigenvalue weighted by Gasteiger charge is 2.41. The molecule has 4 rings (SSSR count). The van der Waals surface area contributed by atoms with Crippen molar-refractivity contribution in [1.82, 2.24) is 29.8 Å². The molecule has 34 heavy (non-hydrogen) atoms. The van der Waals surface area contributed by atoms with Crippen LogP contribution >= 0.6 is 0 Å². The van der Waals surface area contributed by atoms with Crippen LogP contribution in [0.5, 0.6) is 0 Å². The molecular weight excluding hydrogens is 467 g/mol. The third-order valence-corrected chi connectivity index (χ3v) is 7.62. The minimum atomic E-state index is -4.06. The van der Waals surface area contributed by atoms with Crippen LogP contribution in [0.15, 0.2) is 47.8 Å². The summed E-state index contributed by atoms with van der Waals surface area (Å²) in [5, 5.41) is 5.31. The molecule has 0 bridgehead atoms. The first kappa shape index (κ1) is 23.7. The van der Waals surface area contributed by atoms with Gasteiger partial charge in [-0.25, -0.2) is 17.8 Å². The second-order valence-electron chi connectivity index (χ2n) is 7.92. The van der Waals surface area contributed by atoms with Gasteiger partial charge in [0.1, 0.15) is 23.6 Å². The van der Waals surface area contributed by atoms with E-state index < -0.39 is 39.7 Å². The van der Waals surface area contributed by atoms with Gasteiger partial charge in [-0.3, -0.25) is 19.4 Å². The van der Waals surface area contributed by atoms with Crippen LogP contribution in [-0.2, 0) is 19.6 Å². The molecule has 2 N–H and O–H groups in total. The third-order valence-electron chi connectivity index (χ3n) is 5.74. The molecule has 3 heterocycles. The molecule has 0 spiro atoms. The Hall–Kier alpha value is -3.45. The standard InChI is InChI=1S/C21H23FN6O5S/c22-14-3-5-15(6-4-14)34(32,33)27-10-11-28(21(31)17-12-23-8-9-24-17)18(13-27)20(30)26-16-2-1-7-25-19(16)29/h3-6,8-9,12,16,18H,1-2,7,10-11,13H2,(H,25,29)(H,26,30)/t16-,18+/m1/s1. The van der Waals surface area contributed by atoms with E-state index in [-0.39, 0.29) is 36.1 Å². The van der Waals surface area contributed by atoms with Crippen molar-refractivity contribution >= 4 is 27.7 Å². The van der Waals surface area contributed by atoms with Crippen LogP contribution in [-0.4, -0.2) is 83.6 Å². The monoisotopic (exact) mass is 490 g/mol. The highest BCUT2D eigenvalue weighted by Crippen LogP contribution is 2.22. The number of hydrogen-bond donors (Lipinski definition) is 2. The number of hydrogen-bond acceptors (Lipinski definition) is 7. The highest BCUT2D eigenvalue weighted by atomic mass is 32.2. The summed E-state index contributed by atoms with van der Waals surface area (Å²) in [7, 11) is -4.06. The van der Waals surface area contributed by atoms with E-state index in [4.69, 9.17) is 0 Å². The molecule has 2 aromatic rings. The van der Waals surface area contributed by atoms with Crippen LogP contribution in [0.2, 0.25) is 0 Å². The maximum atomic E-state index is 13.3. The number of nitrogens with zero attached hydrogens (tertiary/aromatic N) is 4. The lowest BCUT2D eigenvalue weighted by molar-refractivity contribution is -0.133. The molecule has 2 fully saturated rings. The molecule has 180 valence electrons. The first-order chi connectivity index (χ1) is 16.3. The molecule has 2 saturated heterocycles. The molecule has 11 nitrogen and oxygen atoms in total. The molecule has 1 aromatic heterocycles. The fraction of sp³-hybridized carbons (Fsp3) is 0.381.